The van der Waals surface area contributed by atoms with E-state index < -0.39 is 0 Å². The van der Waals surface area contributed by atoms with Gasteiger partial charge in [0.05, 0.1) is 30.9 Å². The van der Waals surface area contributed by atoms with E-state index in [2.05, 4.69) is 44.4 Å². The van der Waals surface area contributed by atoms with Crippen LogP contribution in [0.3, 0.4) is 0 Å². The van der Waals surface area contributed by atoms with E-state index in [9.17, 15) is 4.39 Å². The number of fused-ring (bicyclic) bond motifs is 2. The van der Waals surface area contributed by atoms with Crippen LogP contribution < -0.4 is 4.74 Å². The van der Waals surface area contributed by atoms with Crippen molar-refractivity contribution in [1.29, 1.82) is 0 Å². The zero-order chi connectivity index (χ0) is 20.1. The highest BCUT2D eigenvalue weighted by Gasteiger charge is 2.27. The van der Waals surface area contributed by atoms with E-state index in [0.717, 1.165) is 41.6 Å². The molecule has 2 aromatic carbocycles. The number of nitrogens with zero attached hydrogens (tertiary/aromatic N) is 3. The molecule has 5 rings (SSSR count). The van der Waals surface area contributed by atoms with Crippen LogP contribution in [0, 0.1) is 9.39 Å². The molecule has 0 aliphatic carbocycles. The maximum absolute atomic E-state index is 14.1. The zero-order valence-electron chi connectivity index (χ0n) is 16.3. The summed E-state index contributed by atoms with van der Waals surface area (Å²) in [6.45, 7) is 1.51. The Bertz CT molecular complexity index is 1220. The van der Waals surface area contributed by atoms with Crippen LogP contribution in [-0.4, -0.2) is 34.7 Å². The number of benzene rings is 2. The molecule has 0 amide bonds. The summed E-state index contributed by atoms with van der Waals surface area (Å²) in [5.41, 5.74) is 4.29. The summed E-state index contributed by atoms with van der Waals surface area (Å²) in [5, 5.41) is 6.65. The molecule has 1 atom stereocenters. The highest BCUT2D eigenvalue weighted by Crippen LogP contribution is 2.40. The molecular weight excluding hydrogens is 484 g/mol. The van der Waals surface area contributed by atoms with Gasteiger partial charge in [-0.2, -0.15) is 5.10 Å². The monoisotopic (exact) mass is 505 g/mol. The Hall–Kier alpha value is -2.13. The van der Waals surface area contributed by atoms with Gasteiger partial charge < -0.3 is 14.0 Å². The molecule has 7 heteroatoms. The van der Waals surface area contributed by atoms with Crippen molar-refractivity contribution < 1.29 is 13.9 Å². The SMILES string of the molecule is COc1cc(-n2c(C3CCCOC3)c(I)c3cc4c(cnn4C)cc32)ccc1F. The number of hydrogen-bond acceptors (Lipinski definition) is 3. The minimum atomic E-state index is -0.361. The number of rotatable bonds is 3. The molecule has 150 valence electrons. The molecule has 0 spiro atoms. The third kappa shape index (κ3) is 3.02. The fraction of sp³-hybridized carbons (Fsp3) is 0.318. The predicted molar refractivity (Wildman–Crippen MR) is 120 cm³/mol. The molecule has 29 heavy (non-hydrogen) atoms. The number of methoxy groups -OCH3 is 1. The molecule has 0 saturated carbocycles. The fourth-order valence-corrected chi connectivity index (χ4v) is 5.41. The third-order valence-electron chi connectivity index (χ3n) is 5.75. The average Bonchev–Trinajstić information content (AvgIpc) is 3.25. The first-order valence-electron chi connectivity index (χ1n) is 9.65. The van der Waals surface area contributed by atoms with Gasteiger partial charge in [0.25, 0.3) is 0 Å². The third-order valence-corrected chi connectivity index (χ3v) is 6.88. The van der Waals surface area contributed by atoms with Crippen LogP contribution in [0.25, 0.3) is 27.5 Å². The Balaban J connectivity index is 1.84. The van der Waals surface area contributed by atoms with Gasteiger partial charge in [-0.1, -0.05) is 0 Å². The van der Waals surface area contributed by atoms with Crippen molar-refractivity contribution in [2.45, 2.75) is 18.8 Å². The van der Waals surface area contributed by atoms with E-state index in [1.165, 1.54) is 27.8 Å². The van der Waals surface area contributed by atoms with Crippen molar-refractivity contribution in [3.05, 3.63) is 51.6 Å². The van der Waals surface area contributed by atoms with Crippen molar-refractivity contribution in [3.63, 3.8) is 0 Å². The van der Waals surface area contributed by atoms with Gasteiger partial charge >= 0.3 is 0 Å². The minimum absolute atomic E-state index is 0.243. The number of aryl methyl sites for hydroxylation is 1. The van der Waals surface area contributed by atoms with Crippen molar-refractivity contribution in [1.82, 2.24) is 14.3 Å². The maximum atomic E-state index is 14.1. The molecule has 3 heterocycles. The molecule has 0 bridgehead atoms. The van der Waals surface area contributed by atoms with E-state index in [1.807, 2.05) is 24.0 Å². The molecule has 4 aromatic rings. The van der Waals surface area contributed by atoms with Gasteiger partial charge in [-0.15, -0.1) is 0 Å². The topological polar surface area (TPSA) is 41.2 Å². The molecule has 1 aliphatic rings. The lowest BCUT2D eigenvalue weighted by Gasteiger charge is -2.25. The average molecular weight is 505 g/mol. The van der Waals surface area contributed by atoms with Crippen molar-refractivity contribution in [2.24, 2.45) is 7.05 Å². The zero-order valence-corrected chi connectivity index (χ0v) is 18.4. The van der Waals surface area contributed by atoms with Crippen LogP contribution in [0.5, 0.6) is 5.75 Å². The Morgan fingerprint density at radius 2 is 2.10 bits per heavy atom. The van der Waals surface area contributed by atoms with Gasteiger partial charge in [0.2, 0.25) is 0 Å². The Labute approximate surface area is 181 Å². The normalized spacial score (nSPS) is 17.3. The molecule has 1 aliphatic heterocycles. The summed E-state index contributed by atoms with van der Waals surface area (Å²) in [5.74, 6) is 0.174. The van der Waals surface area contributed by atoms with Crippen molar-refractivity contribution >= 4 is 44.4 Å². The van der Waals surface area contributed by atoms with E-state index in [-0.39, 0.29) is 11.6 Å². The molecule has 1 saturated heterocycles. The lowest BCUT2D eigenvalue weighted by atomic mass is 9.98. The molecule has 0 N–H and O–H groups in total. The maximum Gasteiger partial charge on any atom is 0.165 e. The Morgan fingerprint density at radius 1 is 1.24 bits per heavy atom. The lowest BCUT2D eigenvalue weighted by Crippen LogP contribution is -2.19. The Morgan fingerprint density at radius 3 is 2.86 bits per heavy atom. The standard InChI is InChI=1S/C22H21FIN3O2/c1-26-18-10-16-19(8-14(18)11-25-26)27(15-5-6-17(23)20(9-15)28-2)22(21(16)24)13-4-3-7-29-12-13/h5-6,8-11,13H,3-4,7,12H2,1-2H3. The largest absolute Gasteiger partial charge is 0.494 e. The minimum Gasteiger partial charge on any atom is -0.494 e. The highest BCUT2D eigenvalue weighted by molar-refractivity contribution is 14.1. The smallest absolute Gasteiger partial charge is 0.165 e. The summed E-state index contributed by atoms with van der Waals surface area (Å²) in [4.78, 5) is 0. The molecule has 1 unspecified atom stereocenters. The van der Waals surface area contributed by atoms with Crippen molar-refractivity contribution in [2.75, 3.05) is 20.3 Å². The molecule has 5 nitrogen and oxygen atoms in total. The van der Waals surface area contributed by atoms with Crippen LogP contribution in [0.4, 0.5) is 4.39 Å². The van der Waals surface area contributed by atoms with Crippen LogP contribution in [0.2, 0.25) is 0 Å². The highest BCUT2D eigenvalue weighted by atomic mass is 127. The first-order chi connectivity index (χ1) is 14.1. The summed E-state index contributed by atoms with van der Waals surface area (Å²) in [6, 6.07) is 9.42. The van der Waals surface area contributed by atoms with E-state index >= 15 is 0 Å². The van der Waals surface area contributed by atoms with Crippen LogP contribution in [-0.2, 0) is 11.8 Å². The van der Waals surface area contributed by atoms with Gasteiger partial charge in [0.1, 0.15) is 0 Å². The van der Waals surface area contributed by atoms with E-state index in [0.29, 0.717) is 12.5 Å². The van der Waals surface area contributed by atoms with Crippen molar-refractivity contribution in [3.8, 4) is 11.4 Å². The lowest BCUT2D eigenvalue weighted by molar-refractivity contribution is 0.0787. The fourth-order valence-electron chi connectivity index (χ4n) is 4.30. The van der Waals surface area contributed by atoms with Gasteiger partial charge in [-0.05, 0) is 59.7 Å². The number of hydrogen-bond donors (Lipinski definition) is 0. The van der Waals surface area contributed by atoms with Gasteiger partial charge in [-0.25, -0.2) is 4.39 Å². The molecular formula is C22H21FIN3O2. The van der Waals surface area contributed by atoms with E-state index in [4.69, 9.17) is 9.47 Å². The summed E-state index contributed by atoms with van der Waals surface area (Å²) >= 11 is 2.44. The second kappa shape index (κ2) is 7.28. The van der Waals surface area contributed by atoms with Crippen LogP contribution in [0.15, 0.2) is 36.5 Å². The van der Waals surface area contributed by atoms with Gasteiger partial charge in [0, 0.05) is 51.4 Å². The van der Waals surface area contributed by atoms with Gasteiger partial charge in [-0.3, -0.25) is 4.68 Å². The molecule has 2 aromatic heterocycles. The molecule has 1 fully saturated rings. The molecule has 0 radical (unpaired) electrons. The Kier molecular flexibility index (Phi) is 4.74. The van der Waals surface area contributed by atoms with Crippen LogP contribution >= 0.6 is 22.6 Å². The predicted octanol–water partition coefficient (Wildman–Crippen LogP) is 5.16. The summed E-state index contributed by atoms with van der Waals surface area (Å²) in [6.07, 6.45) is 4.00. The second-order valence-electron chi connectivity index (χ2n) is 7.46. The first-order valence-corrected chi connectivity index (χ1v) is 10.7. The number of aromatic nitrogens is 3. The first kappa shape index (κ1) is 18.9. The summed E-state index contributed by atoms with van der Waals surface area (Å²) < 4.78 is 30.5. The van der Waals surface area contributed by atoms with Crippen LogP contribution in [0.1, 0.15) is 24.5 Å². The quantitative estimate of drug-likeness (QED) is 0.361. The van der Waals surface area contributed by atoms with Gasteiger partial charge in [0.15, 0.2) is 11.6 Å². The summed E-state index contributed by atoms with van der Waals surface area (Å²) in [7, 11) is 3.45. The number of ether oxygens (including phenoxy) is 2. The number of halogens is 2. The second-order valence-corrected chi connectivity index (χ2v) is 8.54. The van der Waals surface area contributed by atoms with E-state index in [1.54, 1.807) is 6.07 Å².